The molecule has 1 aliphatic rings. The molecule has 0 aromatic carbocycles. The van der Waals surface area contributed by atoms with Crippen molar-refractivity contribution >= 4 is 0 Å². The van der Waals surface area contributed by atoms with Crippen LogP contribution < -0.4 is 5.32 Å². The lowest BCUT2D eigenvalue weighted by Gasteiger charge is -2.37. The van der Waals surface area contributed by atoms with Crippen molar-refractivity contribution < 1.29 is 4.74 Å². The molecule has 1 fully saturated rings. The standard InChI is InChI=1S/C15H32N2O/c1-5-7-15(12-18-4)17-9-8-14(6-2)16-10-13(3)11-17/h13-16H,5-12H2,1-4H3. The zero-order chi connectivity index (χ0) is 13.4. The topological polar surface area (TPSA) is 24.5 Å². The van der Waals surface area contributed by atoms with Gasteiger partial charge in [-0.1, -0.05) is 27.2 Å². The molecule has 1 heterocycles. The summed E-state index contributed by atoms with van der Waals surface area (Å²) in [6.45, 7) is 11.4. The van der Waals surface area contributed by atoms with Crippen molar-refractivity contribution in [1.82, 2.24) is 10.2 Å². The van der Waals surface area contributed by atoms with Crippen LogP contribution in [0.25, 0.3) is 0 Å². The Labute approximate surface area is 113 Å². The van der Waals surface area contributed by atoms with Gasteiger partial charge in [0.15, 0.2) is 0 Å². The Bertz CT molecular complexity index is 205. The minimum absolute atomic E-state index is 0.609. The molecule has 3 atom stereocenters. The molecule has 3 unspecified atom stereocenters. The minimum Gasteiger partial charge on any atom is -0.383 e. The Kier molecular flexibility index (Phi) is 7.87. The van der Waals surface area contributed by atoms with Gasteiger partial charge in [-0.2, -0.15) is 0 Å². The third-order valence-corrected chi connectivity index (χ3v) is 4.06. The number of hydrogen-bond acceptors (Lipinski definition) is 3. The fourth-order valence-electron chi connectivity index (χ4n) is 2.92. The average Bonchev–Trinajstić information content (AvgIpc) is 2.34. The maximum Gasteiger partial charge on any atom is 0.0618 e. The molecule has 0 aromatic heterocycles. The van der Waals surface area contributed by atoms with Crippen LogP contribution >= 0.6 is 0 Å². The van der Waals surface area contributed by atoms with E-state index in [0.717, 1.165) is 19.1 Å². The molecule has 1 N–H and O–H groups in total. The van der Waals surface area contributed by atoms with Gasteiger partial charge >= 0.3 is 0 Å². The van der Waals surface area contributed by atoms with Gasteiger partial charge in [-0.3, -0.25) is 4.90 Å². The molecule has 3 heteroatoms. The van der Waals surface area contributed by atoms with Gasteiger partial charge in [0.05, 0.1) is 6.61 Å². The van der Waals surface area contributed by atoms with E-state index in [1.54, 1.807) is 0 Å². The number of nitrogens with one attached hydrogen (secondary N) is 1. The second-order valence-corrected chi connectivity index (χ2v) is 5.80. The van der Waals surface area contributed by atoms with E-state index >= 15 is 0 Å². The van der Waals surface area contributed by atoms with Gasteiger partial charge in [-0.05, 0) is 31.7 Å². The molecule has 0 aromatic rings. The molecule has 0 aliphatic carbocycles. The normalized spacial score (nSPS) is 28.7. The molecular formula is C15H32N2O. The van der Waals surface area contributed by atoms with Crippen LogP contribution in [0.5, 0.6) is 0 Å². The van der Waals surface area contributed by atoms with Crippen LogP contribution in [-0.2, 0) is 4.74 Å². The maximum absolute atomic E-state index is 5.41. The highest BCUT2D eigenvalue weighted by Gasteiger charge is 2.23. The average molecular weight is 256 g/mol. The maximum atomic E-state index is 5.41. The Morgan fingerprint density at radius 3 is 2.78 bits per heavy atom. The summed E-state index contributed by atoms with van der Waals surface area (Å²) in [5.74, 6) is 0.732. The molecule has 0 amide bonds. The van der Waals surface area contributed by atoms with Gasteiger partial charge in [0.1, 0.15) is 0 Å². The van der Waals surface area contributed by atoms with Gasteiger partial charge < -0.3 is 10.1 Å². The smallest absolute Gasteiger partial charge is 0.0618 e. The monoisotopic (exact) mass is 256 g/mol. The largest absolute Gasteiger partial charge is 0.383 e. The summed E-state index contributed by atoms with van der Waals surface area (Å²) in [5.41, 5.74) is 0. The zero-order valence-corrected chi connectivity index (χ0v) is 12.7. The van der Waals surface area contributed by atoms with E-state index in [1.807, 2.05) is 7.11 Å². The molecule has 108 valence electrons. The van der Waals surface area contributed by atoms with Crippen molar-refractivity contribution in [3.05, 3.63) is 0 Å². The Morgan fingerprint density at radius 1 is 1.39 bits per heavy atom. The number of hydrogen-bond donors (Lipinski definition) is 1. The van der Waals surface area contributed by atoms with Crippen molar-refractivity contribution in [3.8, 4) is 0 Å². The fourth-order valence-corrected chi connectivity index (χ4v) is 2.92. The van der Waals surface area contributed by atoms with E-state index in [2.05, 4.69) is 31.0 Å². The summed E-state index contributed by atoms with van der Waals surface area (Å²) in [6, 6.07) is 1.30. The fraction of sp³-hybridized carbons (Fsp3) is 1.00. The predicted molar refractivity (Wildman–Crippen MR) is 78.0 cm³/mol. The van der Waals surface area contributed by atoms with Gasteiger partial charge in [0, 0.05) is 32.3 Å². The Hall–Kier alpha value is -0.120. The summed E-state index contributed by atoms with van der Waals surface area (Å²) in [6.07, 6.45) is 5.01. The molecule has 1 saturated heterocycles. The summed E-state index contributed by atoms with van der Waals surface area (Å²) < 4.78 is 5.41. The lowest BCUT2D eigenvalue weighted by Crippen LogP contribution is -2.48. The second-order valence-electron chi connectivity index (χ2n) is 5.80. The molecule has 3 nitrogen and oxygen atoms in total. The van der Waals surface area contributed by atoms with Crippen molar-refractivity contribution in [2.75, 3.05) is 33.4 Å². The molecule has 1 rings (SSSR count). The minimum atomic E-state index is 0.609. The quantitative estimate of drug-likeness (QED) is 0.790. The number of ether oxygens (including phenoxy) is 1. The summed E-state index contributed by atoms with van der Waals surface area (Å²) in [7, 11) is 1.83. The van der Waals surface area contributed by atoms with Crippen molar-refractivity contribution in [1.29, 1.82) is 0 Å². The first-order valence-corrected chi connectivity index (χ1v) is 7.67. The highest BCUT2D eigenvalue weighted by Crippen LogP contribution is 2.15. The van der Waals surface area contributed by atoms with E-state index in [-0.39, 0.29) is 0 Å². The van der Waals surface area contributed by atoms with Crippen molar-refractivity contribution in [2.24, 2.45) is 5.92 Å². The summed E-state index contributed by atoms with van der Waals surface area (Å²) in [4.78, 5) is 2.67. The van der Waals surface area contributed by atoms with Crippen molar-refractivity contribution in [2.45, 2.75) is 58.5 Å². The lowest BCUT2D eigenvalue weighted by molar-refractivity contribution is 0.0661. The second kappa shape index (κ2) is 8.89. The van der Waals surface area contributed by atoms with Crippen LogP contribution in [0.3, 0.4) is 0 Å². The predicted octanol–water partition coefficient (Wildman–Crippen LogP) is 2.51. The van der Waals surface area contributed by atoms with Gasteiger partial charge in [-0.15, -0.1) is 0 Å². The highest BCUT2D eigenvalue weighted by molar-refractivity contribution is 4.80. The number of nitrogens with zero attached hydrogens (tertiary/aromatic N) is 1. The third kappa shape index (κ3) is 5.25. The van der Waals surface area contributed by atoms with Gasteiger partial charge in [0.2, 0.25) is 0 Å². The molecule has 0 bridgehead atoms. The molecule has 0 saturated carbocycles. The van der Waals surface area contributed by atoms with Crippen LogP contribution in [0.15, 0.2) is 0 Å². The highest BCUT2D eigenvalue weighted by atomic mass is 16.5. The van der Waals surface area contributed by atoms with E-state index in [4.69, 9.17) is 4.74 Å². The third-order valence-electron chi connectivity index (χ3n) is 4.06. The first-order valence-electron chi connectivity index (χ1n) is 7.67. The van der Waals surface area contributed by atoms with Crippen LogP contribution in [0.2, 0.25) is 0 Å². The SMILES string of the molecule is CCCC(COC)N1CCC(CC)NCC(C)C1. The van der Waals surface area contributed by atoms with Crippen LogP contribution in [-0.4, -0.2) is 50.3 Å². The first kappa shape index (κ1) is 15.9. The summed E-state index contributed by atoms with van der Waals surface area (Å²) >= 11 is 0. The lowest BCUT2D eigenvalue weighted by atomic mass is 10.0. The zero-order valence-electron chi connectivity index (χ0n) is 12.7. The van der Waals surface area contributed by atoms with Crippen LogP contribution in [0.4, 0.5) is 0 Å². The van der Waals surface area contributed by atoms with Crippen molar-refractivity contribution in [3.63, 3.8) is 0 Å². The Balaban J connectivity index is 2.58. The summed E-state index contributed by atoms with van der Waals surface area (Å²) in [5, 5.41) is 3.69. The number of methoxy groups -OCH3 is 1. The van der Waals surface area contributed by atoms with Crippen LogP contribution in [0, 0.1) is 5.92 Å². The molecule has 1 aliphatic heterocycles. The number of rotatable bonds is 6. The van der Waals surface area contributed by atoms with E-state index < -0.39 is 0 Å². The molecule has 0 spiro atoms. The van der Waals surface area contributed by atoms with Crippen LogP contribution in [0.1, 0.15) is 46.5 Å². The molecule has 18 heavy (non-hydrogen) atoms. The van der Waals surface area contributed by atoms with E-state index in [1.165, 1.54) is 38.8 Å². The first-order chi connectivity index (χ1) is 8.71. The van der Waals surface area contributed by atoms with E-state index in [9.17, 15) is 0 Å². The van der Waals surface area contributed by atoms with E-state index in [0.29, 0.717) is 12.1 Å². The molecule has 0 radical (unpaired) electrons. The molecular weight excluding hydrogens is 224 g/mol. The van der Waals surface area contributed by atoms with Gasteiger partial charge in [-0.25, -0.2) is 0 Å². The van der Waals surface area contributed by atoms with Gasteiger partial charge in [0.25, 0.3) is 0 Å². The Morgan fingerprint density at radius 2 is 2.17 bits per heavy atom.